The normalized spacial score (nSPS) is 12.3. The van der Waals surface area contributed by atoms with Crippen LogP contribution in [0.25, 0.3) is 0 Å². The highest BCUT2D eigenvalue weighted by molar-refractivity contribution is 5.93. The van der Waals surface area contributed by atoms with Crippen molar-refractivity contribution < 1.29 is 43.7 Å². The molecule has 5 N–H and O–H groups in total. The van der Waals surface area contributed by atoms with Crippen LogP contribution in [0.15, 0.2) is 18.3 Å². The van der Waals surface area contributed by atoms with E-state index >= 15 is 0 Å². The van der Waals surface area contributed by atoms with Gasteiger partial charge >= 0.3 is 23.9 Å². The van der Waals surface area contributed by atoms with Crippen molar-refractivity contribution in [3.05, 3.63) is 29.8 Å². The minimum absolute atomic E-state index is 0.0279. The molecule has 0 saturated heterocycles. The Morgan fingerprint density at radius 2 is 1.75 bits per heavy atom. The van der Waals surface area contributed by atoms with Crippen molar-refractivity contribution >= 4 is 29.8 Å². The van der Waals surface area contributed by atoms with E-state index in [0.717, 1.165) is 17.2 Å². The van der Waals surface area contributed by atoms with Gasteiger partial charge in [0.1, 0.15) is 12.1 Å². The highest BCUT2D eigenvalue weighted by atomic mass is 19.1. The van der Waals surface area contributed by atoms with Crippen molar-refractivity contribution in [2.24, 2.45) is 0 Å². The van der Waals surface area contributed by atoms with Gasteiger partial charge in [0.25, 0.3) is 5.91 Å². The smallest absolute Gasteiger partial charge is 0.326 e. The average molecular weight is 456 g/mol. The number of hydrogen-bond acceptors (Lipinski definition) is 6. The number of carbonyl (C=O) groups is 5. The van der Waals surface area contributed by atoms with Crippen molar-refractivity contribution in [3.8, 4) is 0 Å². The molecule has 12 nitrogen and oxygen atoms in total. The molecule has 0 aliphatic heterocycles. The molecule has 0 unspecified atom stereocenters. The van der Waals surface area contributed by atoms with Gasteiger partial charge in [-0.25, -0.2) is 19.4 Å². The molecule has 176 valence electrons. The summed E-state index contributed by atoms with van der Waals surface area (Å²) in [5.41, 5.74) is 0.169. The van der Waals surface area contributed by atoms with Crippen LogP contribution in [-0.2, 0) is 14.4 Å². The van der Waals surface area contributed by atoms with Crippen molar-refractivity contribution in [2.45, 2.75) is 44.2 Å². The van der Waals surface area contributed by atoms with Crippen molar-refractivity contribution in [2.75, 3.05) is 13.6 Å². The molecule has 0 aliphatic carbocycles. The zero-order valence-corrected chi connectivity index (χ0v) is 17.3. The zero-order chi connectivity index (χ0) is 24.3. The molecule has 32 heavy (non-hydrogen) atoms. The maximum Gasteiger partial charge on any atom is 0.326 e. The van der Waals surface area contributed by atoms with E-state index in [9.17, 15) is 33.5 Å². The SMILES string of the molecule is CN(C(=O)N[C@@H](CCC(=O)O)C(=O)O)[C@@H](CCCCNC(=O)c1ccc(F)nc1)C(=O)O. The number of unbranched alkanes of at least 4 members (excludes halogenated alkanes) is 1. The Kier molecular flexibility index (Phi) is 10.5. The molecule has 0 bridgehead atoms. The van der Waals surface area contributed by atoms with Gasteiger partial charge in [-0.3, -0.25) is 9.59 Å². The van der Waals surface area contributed by atoms with Crippen LogP contribution in [0.2, 0.25) is 0 Å². The quantitative estimate of drug-likeness (QED) is 0.208. The van der Waals surface area contributed by atoms with Crippen molar-refractivity contribution in [1.82, 2.24) is 20.5 Å². The van der Waals surface area contributed by atoms with E-state index in [0.29, 0.717) is 12.8 Å². The average Bonchev–Trinajstić information content (AvgIpc) is 2.72. The van der Waals surface area contributed by atoms with E-state index in [1.165, 1.54) is 13.1 Å². The largest absolute Gasteiger partial charge is 0.481 e. The molecule has 0 aliphatic rings. The fraction of sp³-hybridized carbons (Fsp3) is 0.474. The molecular weight excluding hydrogens is 431 g/mol. The van der Waals surface area contributed by atoms with Crippen LogP contribution >= 0.6 is 0 Å². The summed E-state index contributed by atoms with van der Waals surface area (Å²) >= 11 is 0. The van der Waals surface area contributed by atoms with Crippen LogP contribution in [0.5, 0.6) is 0 Å². The standard InChI is InChI=1S/C19H25FN4O8/c1-24(19(32)23-12(17(28)29)6-8-15(25)26)13(18(30)31)4-2-3-9-21-16(27)11-5-7-14(20)22-10-11/h5,7,10,12-13H,2-4,6,8-9H2,1H3,(H,21,27)(H,23,32)(H,25,26)(H,28,29)(H,30,31)/t12-,13-/m0/s1. The number of aromatic nitrogens is 1. The molecule has 1 heterocycles. The molecule has 3 amide bonds. The summed E-state index contributed by atoms with van der Waals surface area (Å²) in [6.07, 6.45) is 0.974. The fourth-order valence-corrected chi connectivity index (χ4v) is 2.68. The first-order chi connectivity index (χ1) is 15.0. The number of nitrogens with one attached hydrogen (secondary N) is 2. The van der Waals surface area contributed by atoms with E-state index in [-0.39, 0.29) is 24.9 Å². The topological polar surface area (TPSA) is 186 Å². The highest BCUT2D eigenvalue weighted by Crippen LogP contribution is 2.10. The summed E-state index contributed by atoms with van der Waals surface area (Å²) in [5.74, 6) is -5.16. The number of carboxylic acids is 3. The van der Waals surface area contributed by atoms with Crippen LogP contribution in [0.3, 0.4) is 0 Å². The summed E-state index contributed by atoms with van der Waals surface area (Å²) < 4.78 is 12.8. The molecule has 0 fully saturated rings. The van der Waals surface area contributed by atoms with E-state index in [4.69, 9.17) is 10.2 Å². The number of rotatable bonds is 13. The molecule has 2 atom stereocenters. The number of hydrogen-bond donors (Lipinski definition) is 5. The third-order valence-electron chi connectivity index (χ3n) is 4.50. The Morgan fingerprint density at radius 3 is 2.28 bits per heavy atom. The first-order valence-electron chi connectivity index (χ1n) is 9.63. The Hall–Kier alpha value is -3.77. The molecular formula is C19H25FN4O8. The lowest BCUT2D eigenvalue weighted by molar-refractivity contribution is -0.142. The van der Waals surface area contributed by atoms with Gasteiger partial charge in [-0.1, -0.05) is 0 Å². The summed E-state index contributed by atoms with van der Waals surface area (Å²) in [6.45, 7) is 0.203. The molecule has 0 aromatic carbocycles. The van der Waals surface area contributed by atoms with Crippen LogP contribution in [0, 0.1) is 5.95 Å². The van der Waals surface area contributed by atoms with Gasteiger partial charge in [0.05, 0.1) is 5.56 Å². The van der Waals surface area contributed by atoms with Crippen molar-refractivity contribution in [3.63, 3.8) is 0 Å². The number of carboxylic acid groups (broad SMARTS) is 3. The Balaban J connectivity index is 2.51. The number of likely N-dealkylation sites (N-methyl/N-ethyl adjacent to an activating group) is 1. The third kappa shape index (κ3) is 8.93. The fourth-order valence-electron chi connectivity index (χ4n) is 2.68. The first kappa shape index (κ1) is 26.3. The second-order valence-corrected chi connectivity index (χ2v) is 6.86. The predicted molar refractivity (Wildman–Crippen MR) is 106 cm³/mol. The molecule has 1 aromatic rings. The van der Waals surface area contributed by atoms with E-state index in [1.807, 2.05) is 0 Å². The predicted octanol–water partition coefficient (Wildman–Crippen LogP) is 0.533. The van der Waals surface area contributed by atoms with Gasteiger partial charge in [0.15, 0.2) is 0 Å². The highest BCUT2D eigenvalue weighted by Gasteiger charge is 2.29. The van der Waals surface area contributed by atoms with Gasteiger partial charge in [-0.15, -0.1) is 0 Å². The number of carbonyl (C=O) groups excluding carboxylic acids is 2. The summed E-state index contributed by atoms with van der Waals surface area (Å²) in [5, 5.41) is 31.9. The van der Waals surface area contributed by atoms with Crippen LogP contribution < -0.4 is 10.6 Å². The maximum atomic E-state index is 12.8. The van der Waals surface area contributed by atoms with Gasteiger partial charge in [-0.2, -0.15) is 4.39 Å². The Bertz CT molecular complexity index is 833. The summed E-state index contributed by atoms with van der Waals surface area (Å²) in [4.78, 5) is 61.7. The number of nitrogens with zero attached hydrogens (tertiary/aromatic N) is 2. The maximum absolute atomic E-state index is 12.8. The van der Waals surface area contributed by atoms with Crippen LogP contribution in [-0.4, -0.2) is 80.7 Å². The number of aliphatic carboxylic acids is 3. The van der Waals surface area contributed by atoms with E-state index in [1.54, 1.807) is 0 Å². The molecule has 1 aromatic heterocycles. The lowest BCUT2D eigenvalue weighted by Crippen LogP contribution is -2.52. The number of pyridine rings is 1. The third-order valence-corrected chi connectivity index (χ3v) is 4.50. The van der Waals surface area contributed by atoms with E-state index in [2.05, 4.69) is 15.6 Å². The molecule has 13 heteroatoms. The minimum Gasteiger partial charge on any atom is -0.481 e. The summed E-state index contributed by atoms with van der Waals surface area (Å²) in [7, 11) is 1.19. The van der Waals surface area contributed by atoms with Gasteiger partial charge in [-0.05, 0) is 37.8 Å². The van der Waals surface area contributed by atoms with Crippen molar-refractivity contribution in [1.29, 1.82) is 0 Å². The number of amides is 3. The molecule has 0 saturated carbocycles. The van der Waals surface area contributed by atoms with Gasteiger partial charge in [0.2, 0.25) is 5.95 Å². The second-order valence-electron chi connectivity index (χ2n) is 6.86. The van der Waals surface area contributed by atoms with E-state index < -0.39 is 54.3 Å². The zero-order valence-electron chi connectivity index (χ0n) is 17.3. The molecule has 1 rings (SSSR count). The number of halogens is 1. The van der Waals surface area contributed by atoms with Crippen LogP contribution in [0.1, 0.15) is 42.5 Å². The molecule has 0 radical (unpaired) electrons. The first-order valence-corrected chi connectivity index (χ1v) is 9.63. The van der Waals surface area contributed by atoms with Gasteiger partial charge in [0, 0.05) is 26.2 Å². The monoisotopic (exact) mass is 456 g/mol. The summed E-state index contributed by atoms with van der Waals surface area (Å²) in [6, 6.07) is -1.39. The lowest BCUT2D eigenvalue weighted by atomic mass is 10.1. The number of urea groups is 1. The minimum atomic E-state index is -1.48. The second kappa shape index (κ2) is 12.8. The van der Waals surface area contributed by atoms with Gasteiger partial charge < -0.3 is 30.9 Å². The molecule has 0 spiro atoms. The Morgan fingerprint density at radius 1 is 1.06 bits per heavy atom. The van der Waals surface area contributed by atoms with Crippen LogP contribution in [0.4, 0.5) is 9.18 Å². The Labute approximate surface area is 182 Å². The lowest BCUT2D eigenvalue weighted by Gasteiger charge is -2.26.